The first-order valence-corrected chi connectivity index (χ1v) is 12.8. The number of rotatable bonds is 10. The Morgan fingerprint density at radius 3 is 2.68 bits per heavy atom. The van der Waals surface area contributed by atoms with Crippen LogP contribution in [-0.4, -0.2) is 37.7 Å². The molecule has 3 aromatic carbocycles. The van der Waals surface area contributed by atoms with E-state index < -0.39 is 6.10 Å². The Morgan fingerprint density at radius 2 is 1.89 bits per heavy atom. The third kappa shape index (κ3) is 6.87. The molecule has 9 heteroatoms. The van der Waals surface area contributed by atoms with Crippen LogP contribution in [0.3, 0.4) is 0 Å². The summed E-state index contributed by atoms with van der Waals surface area (Å²) >= 11 is 12.1. The first-order chi connectivity index (χ1) is 17.8. The number of fused-ring (bicyclic) bond motifs is 1. The van der Waals surface area contributed by atoms with Crippen LogP contribution in [0.2, 0.25) is 10.0 Å². The molecule has 194 valence electrons. The highest BCUT2D eigenvalue weighted by Gasteiger charge is 2.26. The first kappa shape index (κ1) is 26.6. The van der Waals surface area contributed by atoms with Crippen LogP contribution in [0.15, 0.2) is 60.7 Å². The summed E-state index contributed by atoms with van der Waals surface area (Å²) in [5.41, 5.74) is 2.22. The van der Waals surface area contributed by atoms with E-state index in [4.69, 9.17) is 37.4 Å². The lowest BCUT2D eigenvalue weighted by Crippen LogP contribution is -2.39. The molecule has 3 aromatic rings. The van der Waals surface area contributed by atoms with E-state index >= 15 is 0 Å². The molecule has 0 radical (unpaired) electrons. The van der Waals surface area contributed by atoms with Crippen molar-refractivity contribution in [3.63, 3.8) is 0 Å². The van der Waals surface area contributed by atoms with Crippen LogP contribution in [0.25, 0.3) is 0 Å². The lowest BCUT2D eigenvalue weighted by atomic mass is 10.2. The number of unbranched alkanes of at least 4 members (excludes halogenated alkanes) is 1. The number of hydrogen-bond acceptors (Lipinski definition) is 5. The van der Waals surface area contributed by atoms with Crippen molar-refractivity contribution < 1.29 is 23.8 Å². The number of nitrogens with one attached hydrogen (secondary N) is 1. The van der Waals surface area contributed by atoms with Gasteiger partial charge in [0.05, 0.1) is 17.3 Å². The third-order valence-corrected chi connectivity index (χ3v) is 6.39. The molecule has 1 N–H and O–H groups in total. The Morgan fingerprint density at radius 1 is 1.08 bits per heavy atom. The zero-order valence-corrected chi connectivity index (χ0v) is 22.1. The second-order valence-corrected chi connectivity index (χ2v) is 9.51. The van der Waals surface area contributed by atoms with Gasteiger partial charge in [-0.25, -0.2) is 0 Å². The van der Waals surface area contributed by atoms with Crippen molar-refractivity contribution in [2.24, 2.45) is 0 Å². The Hall–Kier alpha value is -3.42. The van der Waals surface area contributed by atoms with Gasteiger partial charge in [-0.15, -0.1) is 0 Å². The highest BCUT2D eigenvalue weighted by atomic mass is 35.5. The molecule has 37 heavy (non-hydrogen) atoms. The molecule has 0 bridgehead atoms. The topological polar surface area (TPSA) is 77.1 Å². The van der Waals surface area contributed by atoms with Crippen LogP contribution in [0.1, 0.15) is 25.3 Å². The summed E-state index contributed by atoms with van der Waals surface area (Å²) in [7, 11) is 0. The van der Waals surface area contributed by atoms with Gasteiger partial charge in [-0.2, -0.15) is 0 Å². The molecule has 2 amide bonds. The molecule has 0 spiro atoms. The van der Waals surface area contributed by atoms with Gasteiger partial charge < -0.3 is 24.4 Å². The van der Waals surface area contributed by atoms with Crippen LogP contribution >= 0.6 is 23.2 Å². The highest BCUT2D eigenvalue weighted by Crippen LogP contribution is 2.35. The second-order valence-electron chi connectivity index (χ2n) is 8.66. The Balaban J connectivity index is 1.35. The van der Waals surface area contributed by atoms with Gasteiger partial charge in [0.25, 0.3) is 11.8 Å². The fourth-order valence-corrected chi connectivity index (χ4v) is 4.31. The highest BCUT2D eigenvalue weighted by molar-refractivity contribution is 6.35. The lowest BCUT2D eigenvalue weighted by molar-refractivity contribution is -0.122. The molecule has 0 aliphatic carbocycles. The van der Waals surface area contributed by atoms with Gasteiger partial charge in [0, 0.05) is 17.3 Å². The monoisotopic (exact) mass is 542 g/mol. The summed E-state index contributed by atoms with van der Waals surface area (Å²) in [4.78, 5) is 27.1. The number of benzene rings is 3. The van der Waals surface area contributed by atoms with Gasteiger partial charge in [-0.1, -0.05) is 41.4 Å². The average Bonchev–Trinajstić information content (AvgIpc) is 2.87. The van der Waals surface area contributed by atoms with E-state index in [1.807, 2.05) is 31.2 Å². The zero-order valence-electron chi connectivity index (χ0n) is 20.6. The third-order valence-electron chi connectivity index (χ3n) is 5.86. The average molecular weight is 543 g/mol. The Bertz CT molecular complexity index is 1280. The fourth-order valence-electron chi connectivity index (χ4n) is 3.86. The van der Waals surface area contributed by atoms with Crippen molar-refractivity contribution in [2.75, 3.05) is 30.0 Å². The van der Waals surface area contributed by atoms with Crippen LogP contribution in [0, 0.1) is 6.92 Å². The van der Waals surface area contributed by atoms with Gasteiger partial charge >= 0.3 is 0 Å². The van der Waals surface area contributed by atoms with Crippen molar-refractivity contribution >= 4 is 46.4 Å². The summed E-state index contributed by atoms with van der Waals surface area (Å²) < 4.78 is 17.2. The molecular formula is C28H28Cl2N2O5. The predicted octanol–water partition coefficient (Wildman–Crippen LogP) is 6.29. The summed E-state index contributed by atoms with van der Waals surface area (Å²) in [6.07, 6.45) is 0.713. The van der Waals surface area contributed by atoms with Gasteiger partial charge in [-0.3, -0.25) is 9.59 Å². The summed E-state index contributed by atoms with van der Waals surface area (Å²) in [6.45, 7) is 4.68. The van der Waals surface area contributed by atoms with E-state index in [2.05, 4.69) is 5.32 Å². The maximum atomic E-state index is 12.8. The van der Waals surface area contributed by atoms with Crippen LogP contribution in [-0.2, 0) is 9.59 Å². The van der Waals surface area contributed by atoms with Gasteiger partial charge in [0.15, 0.2) is 12.7 Å². The minimum absolute atomic E-state index is 0.0227. The van der Waals surface area contributed by atoms with Crippen LogP contribution in [0.5, 0.6) is 17.2 Å². The van der Waals surface area contributed by atoms with Crippen molar-refractivity contribution in [1.82, 2.24) is 0 Å². The van der Waals surface area contributed by atoms with Gasteiger partial charge in [-0.05, 0) is 74.7 Å². The number of carbonyl (C=O) groups excluding carboxylic acids is 2. The number of anilines is 2. The smallest absolute Gasteiger partial charge is 0.265 e. The van der Waals surface area contributed by atoms with Gasteiger partial charge in [0.2, 0.25) is 0 Å². The second kappa shape index (κ2) is 12.2. The number of ether oxygens (including phenoxy) is 3. The molecule has 7 nitrogen and oxygen atoms in total. The van der Waals surface area contributed by atoms with Crippen LogP contribution in [0.4, 0.5) is 11.4 Å². The van der Waals surface area contributed by atoms with E-state index in [1.165, 1.54) is 0 Å². The van der Waals surface area contributed by atoms with E-state index in [-0.39, 0.29) is 18.4 Å². The fraction of sp³-hybridized carbons (Fsp3) is 0.286. The molecule has 1 unspecified atom stereocenters. The number of amides is 2. The Kier molecular flexibility index (Phi) is 8.79. The Labute approximate surface area is 226 Å². The van der Waals surface area contributed by atoms with Crippen molar-refractivity contribution in [3.8, 4) is 17.2 Å². The molecule has 4 rings (SSSR count). The molecule has 1 aliphatic heterocycles. The number of halogens is 2. The van der Waals surface area contributed by atoms with Crippen LogP contribution < -0.4 is 24.4 Å². The summed E-state index contributed by atoms with van der Waals surface area (Å²) in [5.74, 6) is 1.31. The standard InChI is InChI=1S/C28H28Cl2N2O5/c1-18-7-3-4-8-24(18)35-14-6-5-13-32-23-16-21(10-12-26(23)36-17-27(32)33)31-28(34)19(2)37-25-11-9-20(29)15-22(25)30/h3-4,7-12,15-16,19H,5-6,13-14,17H2,1-2H3,(H,31,34). The SMILES string of the molecule is Cc1ccccc1OCCCCN1C(=O)COc2ccc(NC(=O)C(C)Oc3ccc(Cl)cc3Cl)cc21. The summed E-state index contributed by atoms with van der Waals surface area (Å²) in [5, 5.41) is 3.62. The molecule has 0 saturated carbocycles. The number of aryl methyl sites for hydroxylation is 1. The van der Waals surface area contributed by atoms with E-state index in [1.54, 1.807) is 48.2 Å². The quantitative estimate of drug-likeness (QED) is 0.304. The van der Waals surface area contributed by atoms with Crippen molar-refractivity contribution in [2.45, 2.75) is 32.8 Å². The largest absolute Gasteiger partial charge is 0.493 e. The van der Waals surface area contributed by atoms with E-state index in [0.29, 0.717) is 46.1 Å². The minimum atomic E-state index is -0.822. The maximum absolute atomic E-state index is 12.8. The normalized spacial score (nSPS) is 13.4. The zero-order chi connectivity index (χ0) is 26.4. The molecule has 0 fully saturated rings. The van der Waals surface area contributed by atoms with E-state index in [9.17, 15) is 9.59 Å². The van der Waals surface area contributed by atoms with E-state index in [0.717, 1.165) is 24.2 Å². The number of hydrogen-bond donors (Lipinski definition) is 1. The molecule has 1 atom stereocenters. The molecule has 0 aromatic heterocycles. The first-order valence-electron chi connectivity index (χ1n) is 12.0. The van der Waals surface area contributed by atoms with Gasteiger partial charge in [0.1, 0.15) is 17.2 Å². The molecule has 1 heterocycles. The molecule has 0 saturated heterocycles. The molecule has 1 aliphatic rings. The number of carbonyl (C=O) groups is 2. The molecular weight excluding hydrogens is 515 g/mol. The van der Waals surface area contributed by atoms with Crippen molar-refractivity contribution in [3.05, 3.63) is 76.3 Å². The minimum Gasteiger partial charge on any atom is -0.493 e. The maximum Gasteiger partial charge on any atom is 0.265 e. The predicted molar refractivity (Wildman–Crippen MR) is 145 cm³/mol. The van der Waals surface area contributed by atoms with Crippen molar-refractivity contribution in [1.29, 1.82) is 0 Å². The summed E-state index contributed by atoms with van der Waals surface area (Å²) in [6, 6.07) is 17.9. The number of para-hydroxylation sites is 1. The lowest BCUT2D eigenvalue weighted by Gasteiger charge is -2.30. The number of nitrogens with zero attached hydrogens (tertiary/aromatic N) is 1.